The number of sulfonamides is 1. The van der Waals surface area contributed by atoms with Crippen LogP contribution in [0, 0.1) is 0 Å². The number of benzene rings is 1. The number of likely N-dealkylation sites (tertiary alicyclic amines) is 1. The molecule has 1 fully saturated rings. The fourth-order valence-electron chi connectivity index (χ4n) is 2.73. The molecule has 2 N–H and O–H groups in total. The van der Waals surface area contributed by atoms with Crippen LogP contribution < -0.4 is 5.73 Å². The van der Waals surface area contributed by atoms with E-state index in [9.17, 15) is 13.2 Å². The third kappa shape index (κ3) is 3.57. The largest absolute Gasteiger partial charge is 0.334 e. The average Bonchev–Trinajstić information content (AvgIpc) is 3.01. The SMILES string of the molecule is CC(C)N(C)S(=O)(=O)c1ccc(C(=O)N2CCCC2CN)cc1. The summed E-state index contributed by atoms with van der Waals surface area (Å²) in [6.45, 7) is 4.79. The number of carbonyl (C=O) groups is 1. The summed E-state index contributed by atoms with van der Waals surface area (Å²) >= 11 is 0. The molecular weight excluding hydrogens is 314 g/mol. The first-order valence-corrected chi connectivity index (χ1v) is 9.32. The number of hydrogen-bond acceptors (Lipinski definition) is 4. The second-order valence-electron chi connectivity index (χ2n) is 6.17. The summed E-state index contributed by atoms with van der Waals surface area (Å²) in [5.41, 5.74) is 6.20. The van der Waals surface area contributed by atoms with Crippen molar-refractivity contribution in [1.29, 1.82) is 0 Å². The summed E-state index contributed by atoms with van der Waals surface area (Å²) in [6.07, 6.45) is 1.88. The van der Waals surface area contributed by atoms with Crippen molar-refractivity contribution in [2.75, 3.05) is 20.1 Å². The van der Waals surface area contributed by atoms with Gasteiger partial charge in [-0.3, -0.25) is 4.79 Å². The Bertz CT molecular complexity index is 656. The predicted molar refractivity (Wildman–Crippen MR) is 89.6 cm³/mol. The highest BCUT2D eigenvalue weighted by Crippen LogP contribution is 2.21. The number of nitrogens with two attached hydrogens (primary N) is 1. The van der Waals surface area contributed by atoms with Crippen molar-refractivity contribution in [1.82, 2.24) is 9.21 Å². The van der Waals surface area contributed by atoms with Gasteiger partial charge in [0.15, 0.2) is 0 Å². The Kier molecular flexibility index (Phi) is 5.44. The molecule has 7 heteroatoms. The van der Waals surface area contributed by atoms with Gasteiger partial charge < -0.3 is 10.6 Å². The first kappa shape index (κ1) is 17.9. The summed E-state index contributed by atoms with van der Waals surface area (Å²) in [5.74, 6) is -0.0842. The van der Waals surface area contributed by atoms with Crippen molar-refractivity contribution in [2.24, 2.45) is 5.73 Å². The number of hydrogen-bond donors (Lipinski definition) is 1. The van der Waals surface area contributed by atoms with E-state index < -0.39 is 10.0 Å². The minimum Gasteiger partial charge on any atom is -0.334 e. The molecule has 1 aliphatic heterocycles. The lowest BCUT2D eigenvalue weighted by molar-refractivity contribution is 0.0741. The van der Waals surface area contributed by atoms with Crippen molar-refractivity contribution in [3.05, 3.63) is 29.8 Å². The van der Waals surface area contributed by atoms with Gasteiger partial charge in [-0.2, -0.15) is 4.31 Å². The van der Waals surface area contributed by atoms with Crippen LogP contribution in [0.3, 0.4) is 0 Å². The van der Waals surface area contributed by atoms with Crippen LogP contribution in [0.15, 0.2) is 29.2 Å². The van der Waals surface area contributed by atoms with E-state index in [1.807, 2.05) is 13.8 Å². The van der Waals surface area contributed by atoms with Gasteiger partial charge in [0, 0.05) is 37.8 Å². The third-order valence-corrected chi connectivity index (χ3v) is 6.46. The highest BCUT2D eigenvalue weighted by atomic mass is 32.2. The Balaban J connectivity index is 2.21. The molecule has 2 rings (SSSR count). The zero-order valence-electron chi connectivity index (χ0n) is 13.9. The van der Waals surface area contributed by atoms with Crippen LogP contribution in [-0.4, -0.2) is 55.8 Å². The topological polar surface area (TPSA) is 83.7 Å². The molecule has 6 nitrogen and oxygen atoms in total. The molecule has 0 spiro atoms. The fourth-order valence-corrected chi connectivity index (χ4v) is 4.09. The smallest absolute Gasteiger partial charge is 0.254 e. The Morgan fingerprint density at radius 3 is 2.48 bits per heavy atom. The molecule has 1 aromatic carbocycles. The standard InChI is InChI=1S/C16H25N3O3S/c1-12(2)18(3)23(21,22)15-8-6-13(7-9-15)16(20)19-10-4-5-14(19)11-17/h6-9,12,14H,4-5,10-11,17H2,1-3H3. The Labute approximate surface area is 138 Å². The molecule has 23 heavy (non-hydrogen) atoms. The van der Waals surface area contributed by atoms with Gasteiger partial charge in [-0.25, -0.2) is 8.42 Å². The number of nitrogens with zero attached hydrogens (tertiary/aromatic N) is 2. The minimum atomic E-state index is -3.53. The van der Waals surface area contributed by atoms with E-state index in [0.717, 1.165) is 12.8 Å². The highest BCUT2D eigenvalue weighted by Gasteiger charge is 2.29. The van der Waals surface area contributed by atoms with Crippen LogP contribution in [0.1, 0.15) is 37.0 Å². The van der Waals surface area contributed by atoms with Crippen LogP contribution in [0.2, 0.25) is 0 Å². The molecule has 1 unspecified atom stereocenters. The second-order valence-corrected chi connectivity index (χ2v) is 8.17. The maximum Gasteiger partial charge on any atom is 0.254 e. The van der Waals surface area contributed by atoms with Crippen LogP contribution in [0.5, 0.6) is 0 Å². The first-order valence-electron chi connectivity index (χ1n) is 7.88. The van der Waals surface area contributed by atoms with E-state index in [2.05, 4.69) is 0 Å². The van der Waals surface area contributed by atoms with Crippen LogP contribution >= 0.6 is 0 Å². The van der Waals surface area contributed by atoms with Gasteiger partial charge in [-0.05, 0) is 51.0 Å². The zero-order valence-corrected chi connectivity index (χ0v) is 14.7. The molecule has 0 aromatic heterocycles. The van der Waals surface area contributed by atoms with Crippen molar-refractivity contribution >= 4 is 15.9 Å². The molecule has 1 heterocycles. The van der Waals surface area contributed by atoms with Crippen molar-refractivity contribution in [3.63, 3.8) is 0 Å². The predicted octanol–water partition coefficient (Wildman–Crippen LogP) is 1.28. The summed E-state index contributed by atoms with van der Waals surface area (Å²) in [7, 11) is -1.98. The summed E-state index contributed by atoms with van der Waals surface area (Å²) in [6, 6.07) is 6.10. The monoisotopic (exact) mass is 339 g/mol. The normalized spacial score (nSPS) is 18.9. The molecule has 1 aromatic rings. The molecule has 128 valence electrons. The molecule has 1 saturated heterocycles. The van der Waals surface area contributed by atoms with E-state index >= 15 is 0 Å². The van der Waals surface area contributed by atoms with Gasteiger partial charge in [0.05, 0.1) is 4.90 Å². The summed E-state index contributed by atoms with van der Waals surface area (Å²) in [4.78, 5) is 14.5. The lowest BCUT2D eigenvalue weighted by atomic mass is 10.1. The van der Waals surface area contributed by atoms with Crippen LogP contribution in [-0.2, 0) is 10.0 Å². The van der Waals surface area contributed by atoms with Gasteiger partial charge in [0.1, 0.15) is 0 Å². The van der Waals surface area contributed by atoms with Crippen molar-refractivity contribution < 1.29 is 13.2 Å². The second kappa shape index (κ2) is 6.98. The van der Waals surface area contributed by atoms with E-state index in [4.69, 9.17) is 5.73 Å². The number of carbonyl (C=O) groups excluding carboxylic acids is 1. The average molecular weight is 339 g/mol. The van der Waals surface area contributed by atoms with E-state index in [0.29, 0.717) is 18.7 Å². The Morgan fingerprint density at radius 2 is 1.96 bits per heavy atom. The van der Waals surface area contributed by atoms with E-state index in [1.165, 1.54) is 16.4 Å². The van der Waals surface area contributed by atoms with Gasteiger partial charge in [-0.15, -0.1) is 0 Å². The van der Waals surface area contributed by atoms with Crippen molar-refractivity contribution in [3.8, 4) is 0 Å². The van der Waals surface area contributed by atoms with E-state index in [1.54, 1.807) is 24.1 Å². The third-order valence-electron chi connectivity index (χ3n) is 4.42. The minimum absolute atomic E-state index is 0.0815. The molecule has 0 saturated carbocycles. The molecule has 1 aliphatic rings. The molecule has 1 amide bonds. The first-order chi connectivity index (χ1) is 10.8. The van der Waals surface area contributed by atoms with Crippen LogP contribution in [0.25, 0.3) is 0 Å². The molecule has 1 atom stereocenters. The summed E-state index contributed by atoms with van der Waals surface area (Å²) < 4.78 is 26.2. The molecule has 0 radical (unpaired) electrons. The van der Waals surface area contributed by atoms with Gasteiger partial charge in [-0.1, -0.05) is 0 Å². The quantitative estimate of drug-likeness (QED) is 0.876. The molecule has 0 bridgehead atoms. The lowest BCUT2D eigenvalue weighted by Gasteiger charge is -2.24. The number of amides is 1. The van der Waals surface area contributed by atoms with E-state index in [-0.39, 0.29) is 22.9 Å². The van der Waals surface area contributed by atoms with Gasteiger partial charge >= 0.3 is 0 Å². The number of rotatable bonds is 5. The molecular formula is C16H25N3O3S. The lowest BCUT2D eigenvalue weighted by Crippen LogP contribution is -2.39. The summed E-state index contributed by atoms with van der Waals surface area (Å²) in [5, 5.41) is 0. The van der Waals surface area contributed by atoms with Gasteiger partial charge in [0.2, 0.25) is 10.0 Å². The van der Waals surface area contributed by atoms with Crippen molar-refractivity contribution in [2.45, 2.75) is 43.7 Å². The Hall–Kier alpha value is -1.44. The fraction of sp³-hybridized carbons (Fsp3) is 0.562. The zero-order chi connectivity index (χ0) is 17.2. The molecule has 0 aliphatic carbocycles. The maximum absolute atomic E-state index is 12.5. The highest BCUT2D eigenvalue weighted by molar-refractivity contribution is 7.89. The van der Waals surface area contributed by atoms with Gasteiger partial charge in [0.25, 0.3) is 5.91 Å². The van der Waals surface area contributed by atoms with Crippen LogP contribution in [0.4, 0.5) is 0 Å². The maximum atomic E-state index is 12.5. The Morgan fingerprint density at radius 1 is 1.35 bits per heavy atom.